The molecule has 0 aliphatic heterocycles. The maximum absolute atomic E-state index is 13.0. The monoisotopic (exact) mass is 205 g/mol. The molecule has 0 aliphatic carbocycles. The second-order valence-electron chi connectivity index (χ2n) is 3.53. The molecule has 0 fully saturated rings. The summed E-state index contributed by atoms with van der Waals surface area (Å²) in [5.41, 5.74) is 0.765. The van der Waals surface area contributed by atoms with Crippen molar-refractivity contribution in [2.45, 2.75) is 19.9 Å². The van der Waals surface area contributed by atoms with E-state index in [0.29, 0.717) is 6.54 Å². The lowest BCUT2D eigenvalue weighted by atomic mass is 10.2. The van der Waals surface area contributed by atoms with Gasteiger partial charge in [-0.2, -0.15) is 0 Å². The van der Waals surface area contributed by atoms with Gasteiger partial charge in [0.05, 0.1) is 5.52 Å². The average molecular weight is 205 g/mol. The summed E-state index contributed by atoms with van der Waals surface area (Å²) in [5.74, 6) is -0.274. The van der Waals surface area contributed by atoms with Crippen molar-refractivity contribution in [1.82, 2.24) is 4.57 Å². The van der Waals surface area contributed by atoms with Crippen molar-refractivity contribution in [2.75, 3.05) is 0 Å². The molecule has 78 valence electrons. The molecule has 2 nitrogen and oxygen atoms in total. The Labute approximate surface area is 87.0 Å². The highest BCUT2D eigenvalue weighted by Gasteiger charge is 2.02. The lowest BCUT2D eigenvalue weighted by Crippen LogP contribution is -2.18. The van der Waals surface area contributed by atoms with E-state index in [4.69, 9.17) is 0 Å². The van der Waals surface area contributed by atoms with Crippen LogP contribution < -0.4 is 5.56 Å². The van der Waals surface area contributed by atoms with E-state index in [0.717, 1.165) is 17.3 Å². The first-order valence-corrected chi connectivity index (χ1v) is 5.01. The highest BCUT2D eigenvalue weighted by Crippen LogP contribution is 2.13. The van der Waals surface area contributed by atoms with Crippen molar-refractivity contribution in [3.63, 3.8) is 0 Å². The van der Waals surface area contributed by atoms with E-state index in [2.05, 4.69) is 0 Å². The number of hydrogen-bond donors (Lipinski definition) is 0. The number of pyridine rings is 1. The third-order valence-corrected chi connectivity index (χ3v) is 2.40. The third kappa shape index (κ3) is 1.77. The van der Waals surface area contributed by atoms with Gasteiger partial charge in [0.1, 0.15) is 5.82 Å². The summed E-state index contributed by atoms with van der Waals surface area (Å²) >= 11 is 0. The van der Waals surface area contributed by atoms with Crippen molar-refractivity contribution in [1.29, 1.82) is 0 Å². The Morgan fingerprint density at radius 1 is 1.27 bits per heavy atom. The van der Waals surface area contributed by atoms with E-state index >= 15 is 0 Å². The van der Waals surface area contributed by atoms with Crippen LogP contribution in [0.3, 0.4) is 0 Å². The van der Waals surface area contributed by atoms with Crippen LogP contribution >= 0.6 is 0 Å². The summed E-state index contributed by atoms with van der Waals surface area (Å²) in [7, 11) is 0. The molecule has 15 heavy (non-hydrogen) atoms. The number of aromatic nitrogens is 1. The highest BCUT2D eigenvalue weighted by atomic mass is 19.1. The zero-order chi connectivity index (χ0) is 10.8. The molecule has 0 amide bonds. The van der Waals surface area contributed by atoms with Crippen LogP contribution in [0.15, 0.2) is 35.1 Å². The van der Waals surface area contributed by atoms with E-state index in [1.165, 1.54) is 18.2 Å². The zero-order valence-electron chi connectivity index (χ0n) is 8.53. The Bertz CT molecular complexity index is 545. The minimum absolute atomic E-state index is 0.0315. The summed E-state index contributed by atoms with van der Waals surface area (Å²) in [6, 6.07) is 7.63. The Balaban J connectivity index is 2.76. The van der Waals surface area contributed by atoms with Gasteiger partial charge in [0.15, 0.2) is 0 Å². The van der Waals surface area contributed by atoms with Crippen molar-refractivity contribution in [3.8, 4) is 0 Å². The molecule has 0 atom stereocenters. The molecule has 2 aromatic rings. The lowest BCUT2D eigenvalue weighted by molar-refractivity contribution is 0.628. The van der Waals surface area contributed by atoms with Gasteiger partial charge in [0.2, 0.25) is 0 Å². The Hall–Kier alpha value is -1.64. The standard InChI is InChI=1S/C12H12FNO/c1-2-7-14-11-5-4-10(13)8-9(11)3-6-12(14)15/h3-6,8H,2,7H2,1H3. The molecule has 0 radical (unpaired) electrons. The van der Waals surface area contributed by atoms with Crippen LogP contribution in [-0.2, 0) is 6.54 Å². The number of fused-ring (bicyclic) bond motifs is 1. The van der Waals surface area contributed by atoms with E-state index in [1.807, 2.05) is 6.92 Å². The van der Waals surface area contributed by atoms with Gasteiger partial charge in [-0.05, 0) is 30.7 Å². The molecule has 0 spiro atoms. The molecule has 2 rings (SSSR count). The molecular formula is C12H12FNO. The van der Waals surface area contributed by atoms with Crippen LogP contribution in [0.25, 0.3) is 10.9 Å². The number of halogens is 1. The van der Waals surface area contributed by atoms with Crippen LogP contribution in [-0.4, -0.2) is 4.57 Å². The van der Waals surface area contributed by atoms with Gasteiger partial charge in [-0.15, -0.1) is 0 Å². The van der Waals surface area contributed by atoms with Crippen LogP contribution in [0, 0.1) is 5.82 Å². The first-order chi connectivity index (χ1) is 7.22. The van der Waals surface area contributed by atoms with Gasteiger partial charge in [-0.25, -0.2) is 4.39 Å². The smallest absolute Gasteiger partial charge is 0.251 e. The van der Waals surface area contributed by atoms with E-state index in [-0.39, 0.29) is 11.4 Å². The van der Waals surface area contributed by atoms with Gasteiger partial charge >= 0.3 is 0 Å². The molecule has 0 aliphatic rings. The summed E-state index contributed by atoms with van der Waals surface area (Å²) in [6.45, 7) is 2.68. The van der Waals surface area contributed by atoms with E-state index in [9.17, 15) is 9.18 Å². The first kappa shape index (κ1) is 9.90. The fourth-order valence-corrected chi connectivity index (χ4v) is 1.73. The molecule has 0 bridgehead atoms. The molecule has 3 heteroatoms. The van der Waals surface area contributed by atoms with Gasteiger partial charge in [-0.1, -0.05) is 6.92 Å². The lowest BCUT2D eigenvalue weighted by Gasteiger charge is -2.08. The van der Waals surface area contributed by atoms with Gasteiger partial charge in [-0.3, -0.25) is 4.79 Å². The predicted molar refractivity (Wildman–Crippen MR) is 58.5 cm³/mol. The van der Waals surface area contributed by atoms with Gasteiger partial charge in [0.25, 0.3) is 5.56 Å². The number of nitrogens with zero attached hydrogens (tertiary/aromatic N) is 1. The molecule has 1 aromatic heterocycles. The average Bonchev–Trinajstić information content (AvgIpc) is 2.22. The normalized spacial score (nSPS) is 10.8. The predicted octanol–water partition coefficient (Wildman–Crippen LogP) is 2.55. The second kappa shape index (κ2) is 3.85. The Morgan fingerprint density at radius 2 is 2.07 bits per heavy atom. The Morgan fingerprint density at radius 3 is 2.80 bits per heavy atom. The first-order valence-electron chi connectivity index (χ1n) is 5.01. The summed E-state index contributed by atoms with van der Waals surface area (Å²) in [6.07, 6.45) is 0.885. The molecule has 1 aromatic carbocycles. The number of hydrogen-bond acceptors (Lipinski definition) is 1. The number of rotatable bonds is 2. The summed E-state index contributed by atoms with van der Waals surface area (Å²) in [5, 5.41) is 0.767. The van der Waals surface area contributed by atoms with Crippen molar-refractivity contribution in [2.24, 2.45) is 0 Å². The van der Waals surface area contributed by atoms with Crippen molar-refractivity contribution in [3.05, 3.63) is 46.5 Å². The van der Waals surface area contributed by atoms with Crippen LogP contribution in [0.4, 0.5) is 4.39 Å². The van der Waals surface area contributed by atoms with Crippen LogP contribution in [0.5, 0.6) is 0 Å². The molecular weight excluding hydrogens is 193 g/mol. The maximum atomic E-state index is 13.0. The fourth-order valence-electron chi connectivity index (χ4n) is 1.73. The molecule has 0 N–H and O–H groups in total. The number of aryl methyl sites for hydroxylation is 1. The second-order valence-corrected chi connectivity index (χ2v) is 3.53. The molecule has 1 heterocycles. The van der Waals surface area contributed by atoms with Gasteiger partial charge in [0, 0.05) is 18.0 Å². The topological polar surface area (TPSA) is 22.0 Å². The summed E-state index contributed by atoms with van der Waals surface area (Å²) in [4.78, 5) is 11.6. The van der Waals surface area contributed by atoms with Crippen molar-refractivity contribution >= 4 is 10.9 Å². The third-order valence-electron chi connectivity index (χ3n) is 2.40. The quantitative estimate of drug-likeness (QED) is 0.738. The SMILES string of the molecule is CCCn1c(=O)ccc2cc(F)ccc21. The van der Waals surface area contributed by atoms with E-state index < -0.39 is 0 Å². The fraction of sp³-hybridized carbons (Fsp3) is 0.250. The molecule has 0 saturated carbocycles. The zero-order valence-corrected chi connectivity index (χ0v) is 8.53. The highest BCUT2D eigenvalue weighted by molar-refractivity contribution is 5.78. The van der Waals surface area contributed by atoms with Crippen LogP contribution in [0.2, 0.25) is 0 Å². The Kier molecular flexibility index (Phi) is 2.54. The maximum Gasteiger partial charge on any atom is 0.251 e. The summed E-state index contributed by atoms with van der Waals surface area (Å²) < 4.78 is 14.6. The number of benzene rings is 1. The minimum Gasteiger partial charge on any atom is -0.308 e. The molecule has 0 unspecified atom stereocenters. The van der Waals surface area contributed by atoms with Crippen LogP contribution in [0.1, 0.15) is 13.3 Å². The minimum atomic E-state index is -0.274. The molecule has 0 saturated heterocycles. The van der Waals surface area contributed by atoms with Crippen molar-refractivity contribution < 1.29 is 4.39 Å². The largest absolute Gasteiger partial charge is 0.308 e. The van der Waals surface area contributed by atoms with E-state index in [1.54, 1.807) is 16.7 Å². The van der Waals surface area contributed by atoms with Gasteiger partial charge < -0.3 is 4.57 Å².